The molecule has 1 fully saturated rings. The van der Waals surface area contributed by atoms with Crippen molar-refractivity contribution in [3.8, 4) is 0 Å². The molecule has 2 rings (SSSR count). The number of morpholine rings is 1. The molecule has 1 amide bonds. The predicted molar refractivity (Wildman–Crippen MR) is 87.0 cm³/mol. The zero-order valence-electron chi connectivity index (χ0n) is 12.6. The molecule has 1 aromatic rings. The molecule has 1 saturated heterocycles. The zero-order valence-corrected chi connectivity index (χ0v) is 13.5. The number of benzene rings is 1. The molecule has 1 aliphatic rings. The molecule has 1 heterocycles. The van der Waals surface area contributed by atoms with E-state index in [0.717, 1.165) is 62.7 Å². The summed E-state index contributed by atoms with van der Waals surface area (Å²) < 4.78 is 5.33. The summed E-state index contributed by atoms with van der Waals surface area (Å²) in [5.74, 6) is 0.0336. The summed E-state index contributed by atoms with van der Waals surface area (Å²) in [6, 6.07) is 7.74. The van der Waals surface area contributed by atoms with Gasteiger partial charge in [0.25, 0.3) is 5.91 Å². The van der Waals surface area contributed by atoms with Crippen LogP contribution < -0.4 is 5.32 Å². The average Bonchev–Trinajstić information content (AvgIpc) is 2.55. The van der Waals surface area contributed by atoms with Crippen LogP contribution in [-0.2, 0) is 4.74 Å². The van der Waals surface area contributed by atoms with Gasteiger partial charge in [0.15, 0.2) is 0 Å². The zero-order chi connectivity index (χ0) is 14.9. The lowest BCUT2D eigenvalue weighted by Gasteiger charge is -2.26. The van der Waals surface area contributed by atoms with Gasteiger partial charge < -0.3 is 10.1 Å². The van der Waals surface area contributed by atoms with E-state index in [1.165, 1.54) is 0 Å². The highest BCUT2D eigenvalue weighted by atomic mass is 32.2. The molecule has 21 heavy (non-hydrogen) atoms. The molecule has 1 aliphatic heterocycles. The third-order valence-electron chi connectivity index (χ3n) is 3.64. The monoisotopic (exact) mass is 308 g/mol. The van der Waals surface area contributed by atoms with Gasteiger partial charge in [0, 0.05) is 24.5 Å². The standard InChI is InChI=1S/C16H24N2O2S/c1-21-15-7-3-2-6-14(15)16(19)17-8-4-5-9-18-10-12-20-13-11-18/h2-3,6-7H,4-5,8-13H2,1H3,(H,17,19). The van der Waals surface area contributed by atoms with Crippen LogP contribution in [-0.4, -0.2) is 56.5 Å². The largest absolute Gasteiger partial charge is 0.379 e. The third-order valence-corrected chi connectivity index (χ3v) is 4.44. The summed E-state index contributed by atoms with van der Waals surface area (Å²) in [5, 5.41) is 3.02. The van der Waals surface area contributed by atoms with Crippen LogP contribution in [0.15, 0.2) is 29.2 Å². The molecule has 0 saturated carbocycles. The Hall–Kier alpha value is -1.04. The second-order valence-corrected chi connectivity index (χ2v) is 5.97. The number of thioether (sulfide) groups is 1. The number of amides is 1. The van der Waals surface area contributed by atoms with Gasteiger partial charge in [-0.05, 0) is 37.8 Å². The molecule has 116 valence electrons. The van der Waals surface area contributed by atoms with Crippen LogP contribution in [0.1, 0.15) is 23.2 Å². The molecule has 1 N–H and O–H groups in total. The summed E-state index contributed by atoms with van der Waals surface area (Å²) in [6.45, 7) is 5.61. The van der Waals surface area contributed by atoms with Crippen molar-refractivity contribution in [3.05, 3.63) is 29.8 Å². The number of nitrogens with one attached hydrogen (secondary N) is 1. The third kappa shape index (κ3) is 5.34. The highest BCUT2D eigenvalue weighted by Gasteiger charge is 2.11. The van der Waals surface area contributed by atoms with Gasteiger partial charge in [0.05, 0.1) is 18.8 Å². The summed E-state index contributed by atoms with van der Waals surface area (Å²) >= 11 is 1.61. The normalized spacial score (nSPS) is 15.9. The second kappa shape index (κ2) is 9.07. The molecule has 0 unspecified atom stereocenters. The Morgan fingerprint density at radius 3 is 2.81 bits per heavy atom. The number of hydrogen-bond donors (Lipinski definition) is 1. The van der Waals surface area contributed by atoms with E-state index in [-0.39, 0.29) is 5.91 Å². The minimum absolute atomic E-state index is 0.0336. The van der Waals surface area contributed by atoms with E-state index in [1.54, 1.807) is 11.8 Å². The van der Waals surface area contributed by atoms with E-state index < -0.39 is 0 Å². The van der Waals surface area contributed by atoms with Crippen molar-refractivity contribution in [2.24, 2.45) is 0 Å². The van der Waals surface area contributed by atoms with Crippen molar-refractivity contribution >= 4 is 17.7 Å². The molecule has 0 radical (unpaired) electrons. The number of carbonyl (C=O) groups is 1. The maximum Gasteiger partial charge on any atom is 0.252 e. The predicted octanol–water partition coefficient (Wildman–Crippen LogP) is 2.25. The Balaban J connectivity index is 1.65. The Bertz CT molecular complexity index is 448. The number of unbranched alkanes of at least 4 members (excludes halogenated alkanes) is 1. The van der Waals surface area contributed by atoms with Crippen LogP contribution in [0, 0.1) is 0 Å². The quantitative estimate of drug-likeness (QED) is 0.620. The van der Waals surface area contributed by atoms with Crippen LogP contribution in [0.2, 0.25) is 0 Å². The second-order valence-electron chi connectivity index (χ2n) is 5.12. The van der Waals surface area contributed by atoms with Gasteiger partial charge in [-0.25, -0.2) is 0 Å². The number of carbonyl (C=O) groups excluding carboxylic acids is 1. The van der Waals surface area contributed by atoms with Crippen LogP contribution in [0.5, 0.6) is 0 Å². The van der Waals surface area contributed by atoms with E-state index in [1.807, 2.05) is 30.5 Å². The Morgan fingerprint density at radius 2 is 2.05 bits per heavy atom. The van der Waals surface area contributed by atoms with Gasteiger partial charge in [0.2, 0.25) is 0 Å². The highest BCUT2D eigenvalue weighted by molar-refractivity contribution is 7.98. The minimum Gasteiger partial charge on any atom is -0.379 e. The Morgan fingerprint density at radius 1 is 1.29 bits per heavy atom. The topological polar surface area (TPSA) is 41.6 Å². The summed E-state index contributed by atoms with van der Waals surface area (Å²) in [4.78, 5) is 15.6. The fraction of sp³-hybridized carbons (Fsp3) is 0.562. The fourth-order valence-corrected chi connectivity index (χ4v) is 3.01. The first-order valence-electron chi connectivity index (χ1n) is 7.52. The lowest BCUT2D eigenvalue weighted by atomic mass is 10.2. The SMILES string of the molecule is CSc1ccccc1C(=O)NCCCCN1CCOCC1. The molecule has 4 nitrogen and oxygen atoms in total. The first kappa shape index (κ1) is 16.3. The molecule has 0 aliphatic carbocycles. The number of rotatable bonds is 7. The van der Waals surface area contributed by atoms with Gasteiger partial charge in [-0.15, -0.1) is 11.8 Å². The average molecular weight is 308 g/mol. The summed E-state index contributed by atoms with van der Waals surface area (Å²) in [5.41, 5.74) is 0.776. The molecule has 0 aromatic heterocycles. The van der Waals surface area contributed by atoms with Gasteiger partial charge >= 0.3 is 0 Å². The number of ether oxygens (including phenoxy) is 1. The maximum absolute atomic E-state index is 12.1. The van der Waals surface area contributed by atoms with Crippen molar-refractivity contribution in [2.75, 3.05) is 45.6 Å². The molecule has 0 atom stereocenters. The van der Waals surface area contributed by atoms with Crippen molar-refractivity contribution in [1.29, 1.82) is 0 Å². The van der Waals surface area contributed by atoms with E-state index in [0.29, 0.717) is 0 Å². The highest BCUT2D eigenvalue weighted by Crippen LogP contribution is 2.19. The number of hydrogen-bond acceptors (Lipinski definition) is 4. The van der Waals surface area contributed by atoms with E-state index >= 15 is 0 Å². The minimum atomic E-state index is 0.0336. The fourth-order valence-electron chi connectivity index (χ4n) is 2.41. The van der Waals surface area contributed by atoms with Gasteiger partial charge in [-0.3, -0.25) is 9.69 Å². The van der Waals surface area contributed by atoms with Crippen molar-refractivity contribution in [1.82, 2.24) is 10.2 Å². The summed E-state index contributed by atoms with van der Waals surface area (Å²) in [7, 11) is 0. The van der Waals surface area contributed by atoms with Gasteiger partial charge in [0.1, 0.15) is 0 Å². The summed E-state index contributed by atoms with van der Waals surface area (Å²) in [6.07, 6.45) is 4.13. The molecule has 0 bridgehead atoms. The van der Waals surface area contributed by atoms with E-state index in [9.17, 15) is 4.79 Å². The van der Waals surface area contributed by atoms with Crippen LogP contribution in [0.3, 0.4) is 0 Å². The lowest BCUT2D eigenvalue weighted by molar-refractivity contribution is 0.0372. The van der Waals surface area contributed by atoms with Crippen LogP contribution >= 0.6 is 11.8 Å². The smallest absolute Gasteiger partial charge is 0.252 e. The molecule has 0 spiro atoms. The first-order chi connectivity index (χ1) is 10.3. The Kier molecular flexibility index (Phi) is 7.06. The Labute approximate surface area is 131 Å². The molecular formula is C16H24N2O2S. The van der Waals surface area contributed by atoms with Crippen molar-refractivity contribution in [3.63, 3.8) is 0 Å². The molecule has 1 aromatic carbocycles. The van der Waals surface area contributed by atoms with Gasteiger partial charge in [-0.1, -0.05) is 12.1 Å². The van der Waals surface area contributed by atoms with Crippen molar-refractivity contribution in [2.45, 2.75) is 17.7 Å². The lowest BCUT2D eigenvalue weighted by Crippen LogP contribution is -2.37. The number of nitrogens with zero attached hydrogens (tertiary/aromatic N) is 1. The molecular weight excluding hydrogens is 284 g/mol. The molecule has 5 heteroatoms. The van der Waals surface area contributed by atoms with Crippen molar-refractivity contribution < 1.29 is 9.53 Å². The first-order valence-corrected chi connectivity index (χ1v) is 8.75. The van der Waals surface area contributed by atoms with E-state index in [2.05, 4.69) is 10.2 Å². The van der Waals surface area contributed by atoms with Gasteiger partial charge in [-0.2, -0.15) is 0 Å². The van der Waals surface area contributed by atoms with E-state index in [4.69, 9.17) is 4.74 Å². The van der Waals surface area contributed by atoms with Crippen LogP contribution in [0.4, 0.5) is 0 Å². The van der Waals surface area contributed by atoms with Crippen LogP contribution in [0.25, 0.3) is 0 Å². The maximum atomic E-state index is 12.1.